The molecular formula is C8H13NOS. The van der Waals surface area contributed by atoms with Crippen LogP contribution in [0.25, 0.3) is 0 Å². The normalized spacial score (nSPS) is 13.4. The Kier molecular flexibility index (Phi) is 3.05. The monoisotopic (exact) mass is 171 g/mol. The average Bonchev–Trinajstić information content (AvgIpc) is 2.39. The van der Waals surface area contributed by atoms with E-state index in [0.29, 0.717) is 6.54 Å². The number of methoxy groups -OCH3 is 1. The number of nitrogens with two attached hydrogens (primary N) is 1. The van der Waals surface area contributed by atoms with Gasteiger partial charge in [0.15, 0.2) is 0 Å². The van der Waals surface area contributed by atoms with Crippen LogP contribution in [0.2, 0.25) is 0 Å². The first-order valence-corrected chi connectivity index (χ1v) is 4.38. The Bertz CT molecular complexity index is 218. The Morgan fingerprint density at radius 2 is 2.36 bits per heavy atom. The smallest absolute Gasteiger partial charge is 0.103 e. The Labute approximate surface area is 71.0 Å². The fourth-order valence-electron chi connectivity index (χ4n) is 0.955. The maximum atomic E-state index is 5.51. The van der Waals surface area contributed by atoms with Crippen LogP contribution < -0.4 is 5.73 Å². The van der Waals surface area contributed by atoms with Gasteiger partial charge in [-0.1, -0.05) is 0 Å². The van der Waals surface area contributed by atoms with Crippen molar-refractivity contribution in [3.63, 3.8) is 0 Å². The summed E-state index contributed by atoms with van der Waals surface area (Å²) in [4.78, 5) is 2.52. The van der Waals surface area contributed by atoms with Crippen molar-refractivity contribution in [2.75, 3.05) is 13.7 Å². The van der Waals surface area contributed by atoms with E-state index in [1.807, 2.05) is 0 Å². The molecule has 3 heteroatoms. The molecule has 11 heavy (non-hydrogen) atoms. The number of thiophene rings is 1. The molecule has 0 radical (unpaired) electrons. The quantitative estimate of drug-likeness (QED) is 0.751. The van der Waals surface area contributed by atoms with Crippen LogP contribution in [0.15, 0.2) is 12.1 Å². The largest absolute Gasteiger partial charge is 0.375 e. The molecule has 1 rings (SSSR count). The molecule has 0 unspecified atom stereocenters. The lowest BCUT2D eigenvalue weighted by Gasteiger charge is -2.09. The number of rotatable bonds is 3. The Balaban J connectivity index is 2.73. The molecular weight excluding hydrogens is 158 g/mol. The van der Waals surface area contributed by atoms with Crippen LogP contribution in [0, 0.1) is 6.92 Å². The highest BCUT2D eigenvalue weighted by Crippen LogP contribution is 2.23. The van der Waals surface area contributed by atoms with Crippen molar-refractivity contribution in [3.8, 4) is 0 Å². The molecule has 2 nitrogen and oxygen atoms in total. The second kappa shape index (κ2) is 3.85. The molecule has 1 aromatic rings. The number of aryl methyl sites for hydroxylation is 1. The van der Waals surface area contributed by atoms with E-state index in [9.17, 15) is 0 Å². The molecule has 0 saturated heterocycles. The van der Waals surface area contributed by atoms with E-state index in [0.717, 1.165) is 0 Å². The zero-order valence-corrected chi connectivity index (χ0v) is 7.65. The van der Waals surface area contributed by atoms with Gasteiger partial charge in [-0.25, -0.2) is 0 Å². The second-order valence-corrected chi connectivity index (χ2v) is 3.73. The fraction of sp³-hybridized carbons (Fsp3) is 0.500. The summed E-state index contributed by atoms with van der Waals surface area (Å²) in [6.07, 6.45) is 0.0775. The van der Waals surface area contributed by atoms with Crippen molar-refractivity contribution in [3.05, 3.63) is 21.9 Å². The molecule has 0 spiro atoms. The van der Waals surface area contributed by atoms with E-state index < -0.39 is 0 Å². The molecule has 0 amide bonds. The van der Waals surface area contributed by atoms with Gasteiger partial charge >= 0.3 is 0 Å². The molecule has 0 fully saturated rings. The van der Waals surface area contributed by atoms with Crippen LogP contribution in [-0.4, -0.2) is 13.7 Å². The second-order valence-electron chi connectivity index (χ2n) is 2.41. The van der Waals surface area contributed by atoms with E-state index in [-0.39, 0.29) is 6.10 Å². The molecule has 0 bridgehead atoms. The summed E-state index contributed by atoms with van der Waals surface area (Å²) in [5.41, 5.74) is 5.51. The van der Waals surface area contributed by atoms with E-state index in [1.54, 1.807) is 18.4 Å². The summed E-state index contributed by atoms with van der Waals surface area (Å²) in [5, 5.41) is 0. The minimum Gasteiger partial charge on any atom is -0.375 e. The number of ether oxygens (including phenoxy) is 1. The number of hydrogen-bond acceptors (Lipinski definition) is 3. The van der Waals surface area contributed by atoms with Gasteiger partial charge in [0.1, 0.15) is 6.10 Å². The Morgan fingerprint density at radius 3 is 2.73 bits per heavy atom. The van der Waals surface area contributed by atoms with E-state index in [4.69, 9.17) is 10.5 Å². The van der Waals surface area contributed by atoms with Crippen LogP contribution in [0.1, 0.15) is 15.9 Å². The van der Waals surface area contributed by atoms with Crippen LogP contribution >= 0.6 is 11.3 Å². The van der Waals surface area contributed by atoms with Crippen molar-refractivity contribution >= 4 is 11.3 Å². The predicted molar refractivity (Wildman–Crippen MR) is 47.9 cm³/mol. The average molecular weight is 171 g/mol. The first-order chi connectivity index (χ1) is 5.27. The molecule has 1 aromatic heterocycles. The summed E-state index contributed by atoms with van der Waals surface area (Å²) in [6, 6.07) is 4.16. The lowest BCUT2D eigenvalue weighted by atomic mass is 10.3. The van der Waals surface area contributed by atoms with Gasteiger partial charge in [-0.15, -0.1) is 11.3 Å². The van der Waals surface area contributed by atoms with E-state index in [2.05, 4.69) is 19.1 Å². The Morgan fingerprint density at radius 1 is 1.64 bits per heavy atom. The first kappa shape index (κ1) is 8.71. The molecule has 1 heterocycles. The third kappa shape index (κ3) is 2.02. The summed E-state index contributed by atoms with van der Waals surface area (Å²) in [5.74, 6) is 0. The molecule has 1 atom stereocenters. The molecule has 62 valence electrons. The SMILES string of the molecule is CO[C@H](CN)c1ccc(C)s1. The highest BCUT2D eigenvalue weighted by Gasteiger charge is 2.08. The molecule has 0 aliphatic rings. The van der Waals surface area contributed by atoms with Gasteiger partial charge in [-0.3, -0.25) is 0 Å². The fourth-order valence-corrected chi connectivity index (χ4v) is 1.92. The maximum absolute atomic E-state index is 5.51. The van der Waals surface area contributed by atoms with Gasteiger partial charge in [0, 0.05) is 23.4 Å². The van der Waals surface area contributed by atoms with Crippen molar-refractivity contribution in [1.82, 2.24) is 0 Å². The summed E-state index contributed by atoms with van der Waals surface area (Å²) >= 11 is 1.74. The predicted octanol–water partition coefficient (Wildman–Crippen LogP) is 1.70. The standard InChI is InChI=1S/C8H13NOS/c1-6-3-4-8(11-6)7(5-9)10-2/h3-4,7H,5,9H2,1-2H3/t7-/m1/s1. The molecule has 0 aliphatic heterocycles. The van der Waals surface area contributed by atoms with Gasteiger partial charge < -0.3 is 10.5 Å². The van der Waals surface area contributed by atoms with Gasteiger partial charge in [0.2, 0.25) is 0 Å². The number of hydrogen-bond donors (Lipinski definition) is 1. The zero-order chi connectivity index (χ0) is 8.27. The highest BCUT2D eigenvalue weighted by atomic mass is 32.1. The summed E-state index contributed by atoms with van der Waals surface area (Å²) < 4.78 is 5.18. The van der Waals surface area contributed by atoms with Crippen LogP contribution in [0.5, 0.6) is 0 Å². The molecule has 2 N–H and O–H groups in total. The lowest BCUT2D eigenvalue weighted by molar-refractivity contribution is 0.113. The van der Waals surface area contributed by atoms with Gasteiger partial charge in [0.05, 0.1) is 0 Å². The van der Waals surface area contributed by atoms with Gasteiger partial charge in [0.25, 0.3) is 0 Å². The maximum Gasteiger partial charge on any atom is 0.103 e. The van der Waals surface area contributed by atoms with Crippen molar-refractivity contribution in [1.29, 1.82) is 0 Å². The molecule has 0 aliphatic carbocycles. The first-order valence-electron chi connectivity index (χ1n) is 3.57. The van der Waals surface area contributed by atoms with E-state index >= 15 is 0 Å². The Hall–Kier alpha value is -0.380. The minimum atomic E-state index is 0.0775. The van der Waals surface area contributed by atoms with Gasteiger partial charge in [-0.05, 0) is 19.1 Å². The van der Waals surface area contributed by atoms with Crippen molar-refractivity contribution in [2.24, 2.45) is 5.73 Å². The summed E-state index contributed by atoms with van der Waals surface area (Å²) in [7, 11) is 1.69. The lowest BCUT2D eigenvalue weighted by Crippen LogP contribution is -2.12. The summed E-state index contributed by atoms with van der Waals surface area (Å²) in [6.45, 7) is 2.63. The zero-order valence-electron chi connectivity index (χ0n) is 6.83. The van der Waals surface area contributed by atoms with E-state index in [1.165, 1.54) is 9.75 Å². The van der Waals surface area contributed by atoms with Crippen LogP contribution in [-0.2, 0) is 4.74 Å². The minimum absolute atomic E-state index is 0.0775. The van der Waals surface area contributed by atoms with Crippen molar-refractivity contribution in [2.45, 2.75) is 13.0 Å². The topological polar surface area (TPSA) is 35.2 Å². The van der Waals surface area contributed by atoms with Crippen LogP contribution in [0.4, 0.5) is 0 Å². The molecule has 0 aromatic carbocycles. The third-order valence-corrected chi connectivity index (χ3v) is 2.67. The highest BCUT2D eigenvalue weighted by molar-refractivity contribution is 7.12. The molecule has 0 saturated carbocycles. The van der Waals surface area contributed by atoms with Crippen LogP contribution in [0.3, 0.4) is 0 Å². The van der Waals surface area contributed by atoms with Crippen molar-refractivity contribution < 1.29 is 4.74 Å². The third-order valence-electron chi connectivity index (χ3n) is 1.58. The van der Waals surface area contributed by atoms with Gasteiger partial charge in [-0.2, -0.15) is 0 Å².